The van der Waals surface area contributed by atoms with Crippen molar-refractivity contribution >= 4 is 38.8 Å². The Balaban J connectivity index is 1.60. The number of benzene rings is 2. The van der Waals surface area contributed by atoms with Crippen LogP contribution in [0.1, 0.15) is 0 Å². The van der Waals surface area contributed by atoms with Crippen LogP contribution in [-0.2, 0) is 0 Å². The van der Waals surface area contributed by atoms with Gasteiger partial charge in [-0.05, 0) is 36.4 Å². The minimum atomic E-state index is 0.567. The van der Waals surface area contributed by atoms with Crippen LogP contribution in [0, 0.1) is 0 Å². The van der Waals surface area contributed by atoms with E-state index in [0.717, 1.165) is 32.7 Å². The molecular formula is C22H12ClN5OS. The number of nitrogens with zero attached hydrogens (tertiary/aromatic N) is 5. The SMILES string of the molecule is Clc1ccc2nc(-c3ccccc3)cc(-c3nn4c(-c5ccco5)nnc4s3)c2c1. The van der Waals surface area contributed by atoms with Gasteiger partial charge in [0.05, 0.1) is 17.5 Å². The zero-order valence-electron chi connectivity index (χ0n) is 15.4. The topological polar surface area (TPSA) is 69.1 Å². The highest BCUT2D eigenvalue weighted by atomic mass is 35.5. The fraction of sp³-hybridized carbons (Fsp3) is 0. The lowest BCUT2D eigenvalue weighted by molar-refractivity contribution is 0.575. The third-order valence-corrected chi connectivity index (χ3v) is 5.97. The zero-order valence-corrected chi connectivity index (χ0v) is 16.9. The molecule has 6 rings (SSSR count). The summed E-state index contributed by atoms with van der Waals surface area (Å²) in [6, 6.07) is 21.5. The highest BCUT2D eigenvalue weighted by molar-refractivity contribution is 7.20. The van der Waals surface area contributed by atoms with Crippen molar-refractivity contribution in [1.82, 2.24) is 24.8 Å². The molecule has 6 nitrogen and oxygen atoms in total. The van der Waals surface area contributed by atoms with Gasteiger partial charge in [-0.2, -0.15) is 9.61 Å². The molecule has 0 unspecified atom stereocenters. The van der Waals surface area contributed by atoms with Gasteiger partial charge in [-0.25, -0.2) is 4.98 Å². The second-order valence-electron chi connectivity index (χ2n) is 6.69. The van der Waals surface area contributed by atoms with Gasteiger partial charge in [-0.1, -0.05) is 53.3 Å². The van der Waals surface area contributed by atoms with Crippen molar-refractivity contribution in [2.45, 2.75) is 0 Å². The minimum Gasteiger partial charge on any atom is -0.461 e. The lowest BCUT2D eigenvalue weighted by Gasteiger charge is -2.08. The number of rotatable bonds is 3. The summed E-state index contributed by atoms with van der Waals surface area (Å²) in [6.07, 6.45) is 1.61. The van der Waals surface area contributed by atoms with Gasteiger partial charge >= 0.3 is 0 Å². The fourth-order valence-corrected chi connectivity index (χ4v) is 4.46. The molecule has 8 heteroatoms. The molecule has 30 heavy (non-hydrogen) atoms. The predicted octanol–water partition coefficient (Wildman–Crippen LogP) is 5.98. The van der Waals surface area contributed by atoms with Crippen molar-refractivity contribution in [3.8, 4) is 33.4 Å². The summed E-state index contributed by atoms with van der Waals surface area (Å²) in [6.45, 7) is 0. The van der Waals surface area contributed by atoms with E-state index < -0.39 is 0 Å². The predicted molar refractivity (Wildman–Crippen MR) is 118 cm³/mol. The minimum absolute atomic E-state index is 0.567. The summed E-state index contributed by atoms with van der Waals surface area (Å²) in [5.41, 5.74) is 3.71. The molecule has 0 aliphatic rings. The molecule has 0 radical (unpaired) electrons. The van der Waals surface area contributed by atoms with E-state index >= 15 is 0 Å². The molecule has 0 saturated carbocycles. The van der Waals surface area contributed by atoms with Crippen molar-refractivity contribution in [3.63, 3.8) is 0 Å². The highest BCUT2D eigenvalue weighted by Crippen LogP contribution is 2.36. The van der Waals surface area contributed by atoms with Gasteiger partial charge in [0.15, 0.2) is 5.76 Å². The molecule has 0 aliphatic heterocycles. The van der Waals surface area contributed by atoms with Gasteiger partial charge in [-0.15, -0.1) is 10.2 Å². The molecule has 0 N–H and O–H groups in total. The molecule has 0 spiro atoms. The molecule has 2 aromatic carbocycles. The molecule has 0 bridgehead atoms. The molecule has 0 atom stereocenters. The average molecular weight is 430 g/mol. The quantitative estimate of drug-likeness (QED) is 0.346. The van der Waals surface area contributed by atoms with Crippen LogP contribution in [0.4, 0.5) is 0 Å². The van der Waals surface area contributed by atoms with Crippen LogP contribution in [0.15, 0.2) is 77.4 Å². The third-order valence-electron chi connectivity index (χ3n) is 4.80. The number of aromatic nitrogens is 5. The van der Waals surface area contributed by atoms with E-state index in [9.17, 15) is 0 Å². The van der Waals surface area contributed by atoms with E-state index in [1.54, 1.807) is 10.8 Å². The Labute approximate surface area is 179 Å². The first-order chi connectivity index (χ1) is 14.8. The Bertz CT molecular complexity index is 1510. The lowest BCUT2D eigenvalue weighted by atomic mass is 10.0. The molecule has 144 valence electrons. The van der Waals surface area contributed by atoms with E-state index in [1.165, 1.54) is 11.3 Å². The summed E-state index contributed by atoms with van der Waals surface area (Å²) in [4.78, 5) is 5.53. The Morgan fingerprint density at radius 1 is 0.933 bits per heavy atom. The second-order valence-corrected chi connectivity index (χ2v) is 8.08. The molecule has 0 amide bonds. The molecule has 0 aliphatic carbocycles. The van der Waals surface area contributed by atoms with Crippen LogP contribution in [0.3, 0.4) is 0 Å². The Hall–Kier alpha value is -3.55. The number of fused-ring (bicyclic) bond motifs is 2. The van der Waals surface area contributed by atoms with E-state index in [2.05, 4.69) is 10.2 Å². The Morgan fingerprint density at radius 3 is 2.67 bits per heavy atom. The lowest BCUT2D eigenvalue weighted by Crippen LogP contribution is -1.92. The fourth-order valence-electron chi connectivity index (χ4n) is 3.42. The van der Waals surface area contributed by atoms with Crippen molar-refractivity contribution in [1.29, 1.82) is 0 Å². The van der Waals surface area contributed by atoms with E-state index in [-0.39, 0.29) is 0 Å². The van der Waals surface area contributed by atoms with Crippen LogP contribution < -0.4 is 0 Å². The number of halogens is 1. The number of hydrogen-bond acceptors (Lipinski definition) is 6. The number of furan rings is 1. The number of pyridine rings is 1. The molecule has 0 saturated heterocycles. The maximum Gasteiger partial charge on any atom is 0.235 e. The highest BCUT2D eigenvalue weighted by Gasteiger charge is 2.18. The monoisotopic (exact) mass is 429 g/mol. The van der Waals surface area contributed by atoms with Crippen LogP contribution >= 0.6 is 22.9 Å². The first kappa shape index (κ1) is 17.3. The maximum atomic E-state index is 6.30. The van der Waals surface area contributed by atoms with Gasteiger partial charge in [-0.3, -0.25) is 0 Å². The van der Waals surface area contributed by atoms with E-state index in [1.807, 2.05) is 66.7 Å². The van der Waals surface area contributed by atoms with Crippen LogP contribution in [0.5, 0.6) is 0 Å². The van der Waals surface area contributed by atoms with Gasteiger partial charge in [0.25, 0.3) is 0 Å². The summed E-state index contributed by atoms with van der Waals surface area (Å²) in [7, 11) is 0. The van der Waals surface area contributed by atoms with Gasteiger partial charge in [0, 0.05) is 21.5 Å². The van der Waals surface area contributed by atoms with Crippen molar-refractivity contribution in [3.05, 3.63) is 78.0 Å². The first-order valence-electron chi connectivity index (χ1n) is 9.18. The second kappa shape index (κ2) is 6.76. The third kappa shape index (κ3) is 2.79. The Morgan fingerprint density at radius 2 is 1.83 bits per heavy atom. The van der Waals surface area contributed by atoms with Crippen LogP contribution in [0.2, 0.25) is 5.02 Å². The maximum absolute atomic E-state index is 6.30. The van der Waals surface area contributed by atoms with Crippen molar-refractivity contribution in [2.75, 3.05) is 0 Å². The van der Waals surface area contributed by atoms with Crippen molar-refractivity contribution < 1.29 is 4.42 Å². The zero-order chi connectivity index (χ0) is 20.1. The first-order valence-corrected chi connectivity index (χ1v) is 10.4. The molecule has 4 aromatic heterocycles. The summed E-state index contributed by atoms with van der Waals surface area (Å²) < 4.78 is 7.18. The largest absolute Gasteiger partial charge is 0.461 e. The van der Waals surface area contributed by atoms with Crippen LogP contribution in [-0.4, -0.2) is 24.8 Å². The summed E-state index contributed by atoms with van der Waals surface area (Å²) >= 11 is 7.76. The average Bonchev–Trinajstić information content (AvgIpc) is 3.51. The van der Waals surface area contributed by atoms with Gasteiger partial charge in [0.2, 0.25) is 10.8 Å². The van der Waals surface area contributed by atoms with Crippen molar-refractivity contribution in [2.24, 2.45) is 0 Å². The molecule has 0 fully saturated rings. The van der Waals surface area contributed by atoms with Gasteiger partial charge < -0.3 is 4.42 Å². The van der Waals surface area contributed by atoms with E-state index in [4.69, 9.17) is 26.1 Å². The smallest absolute Gasteiger partial charge is 0.235 e. The molecular weight excluding hydrogens is 418 g/mol. The number of hydrogen-bond donors (Lipinski definition) is 0. The van der Waals surface area contributed by atoms with Crippen LogP contribution in [0.25, 0.3) is 49.3 Å². The summed E-state index contributed by atoms with van der Waals surface area (Å²) in [5, 5.41) is 15.7. The van der Waals surface area contributed by atoms with E-state index in [0.29, 0.717) is 21.6 Å². The normalized spacial score (nSPS) is 11.5. The van der Waals surface area contributed by atoms with Gasteiger partial charge in [0.1, 0.15) is 5.01 Å². The summed E-state index contributed by atoms with van der Waals surface area (Å²) in [5.74, 6) is 1.18. The molecule has 6 aromatic rings. The standard InChI is InChI=1S/C22H12ClN5OS/c23-14-8-9-17-15(11-14)16(12-18(24-17)13-5-2-1-3-6-13)21-27-28-20(19-7-4-10-29-19)25-26-22(28)30-21/h1-12H. The molecule has 4 heterocycles. The Kier molecular flexibility index (Phi) is 3.90.